The summed E-state index contributed by atoms with van der Waals surface area (Å²) in [5.74, 6) is 0.382. The van der Waals surface area contributed by atoms with Crippen molar-refractivity contribution in [3.05, 3.63) is 53.9 Å². The number of pyridine rings is 1. The molecule has 0 fully saturated rings. The van der Waals surface area contributed by atoms with Crippen LogP contribution in [0.25, 0.3) is 0 Å². The van der Waals surface area contributed by atoms with E-state index in [1.165, 1.54) is 14.2 Å². The number of benzene rings is 1. The van der Waals surface area contributed by atoms with Gasteiger partial charge in [-0.3, -0.25) is 4.98 Å². The van der Waals surface area contributed by atoms with Gasteiger partial charge < -0.3 is 14.2 Å². The number of para-hydroxylation sites is 1. The van der Waals surface area contributed by atoms with Crippen LogP contribution in [0.15, 0.2) is 42.7 Å². The van der Waals surface area contributed by atoms with Gasteiger partial charge in [-0.1, -0.05) is 12.1 Å². The quantitative estimate of drug-likeness (QED) is 0.783. The summed E-state index contributed by atoms with van der Waals surface area (Å²) < 4.78 is 15.7. The van der Waals surface area contributed by atoms with E-state index in [0.717, 1.165) is 5.56 Å². The number of esters is 1. The Hall–Kier alpha value is -2.56. The Morgan fingerprint density at radius 2 is 2.05 bits per heavy atom. The van der Waals surface area contributed by atoms with E-state index in [9.17, 15) is 4.79 Å². The Bertz CT molecular complexity index is 584. The van der Waals surface area contributed by atoms with Crippen LogP contribution in [0, 0.1) is 0 Å². The predicted octanol–water partition coefficient (Wildman–Crippen LogP) is 2.46. The van der Waals surface area contributed by atoms with Crippen LogP contribution in [-0.4, -0.2) is 25.2 Å². The fourth-order valence-corrected chi connectivity index (χ4v) is 1.74. The summed E-state index contributed by atoms with van der Waals surface area (Å²) in [5, 5.41) is 0. The van der Waals surface area contributed by atoms with E-state index in [4.69, 9.17) is 14.2 Å². The first-order valence-corrected chi connectivity index (χ1v) is 6.03. The Labute approximate surface area is 117 Å². The van der Waals surface area contributed by atoms with Gasteiger partial charge in [-0.25, -0.2) is 4.79 Å². The summed E-state index contributed by atoms with van der Waals surface area (Å²) >= 11 is 0. The third-order valence-electron chi connectivity index (χ3n) is 2.71. The van der Waals surface area contributed by atoms with Crippen molar-refractivity contribution in [2.24, 2.45) is 0 Å². The molecule has 0 aliphatic heterocycles. The molecule has 1 aromatic carbocycles. The highest BCUT2D eigenvalue weighted by Crippen LogP contribution is 2.32. The standard InChI is InChI=1S/C15H15NO4/c1-18-13-7-3-6-12(15(17)19-2)14(13)20-10-11-5-4-8-16-9-11/h3-9H,10H2,1-2H3. The van der Waals surface area contributed by atoms with Gasteiger partial charge in [0.2, 0.25) is 0 Å². The number of carbonyl (C=O) groups is 1. The van der Waals surface area contributed by atoms with E-state index < -0.39 is 5.97 Å². The zero-order valence-electron chi connectivity index (χ0n) is 11.3. The van der Waals surface area contributed by atoms with E-state index in [2.05, 4.69) is 4.98 Å². The van der Waals surface area contributed by atoms with Gasteiger partial charge in [0, 0.05) is 18.0 Å². The molecule has 0 saturated carbocycles. The minimum absolute atomic E-state index is 0.290. The number of ether oxygens (including phenoxy) is 3. The molecule has 2 aromatic rings. The number of carbonyl (C=O) groups excluding carboxylic acids is 1. The summed E-state index contributed by atoms with van der Waals surface area (Å²) in [4.78, 5) is 15.8. The second-order valence-corrected chi connectivity index (χ2v) is 3.98. The van der Waals surface area contributed by atoms with Crippen molar-refractivity contribution < 1.29 is 19.0 Å². The van der Waals surface area contributed by atoms with Gasteiger partial charge in [0.15, 0.2) is 11.5 Å². The fraction of sp³-hybridized carbons (Fsp3) is 0.200. The molecule has 0 N–H and O–H groups in total. The minimum atomic E-state index is -0.468. The van der Waals surface area contributed by atoms with Crippen LogP contribution in [0.3, 0.4) is 0 Å². The Kier molecular flexibility index (Phi) is 4.55. The third-order valence-corrected chi connectivity index (χ3v) is 2.71. The molecule has 0 unspecified atom stereocenters. The molecule has 0 spiro atoms. The van der Waals surface area contributed by atoms with Gasteiger partial charge in [-0.05, 0) is 18.2 Å². The lowest BCUT2D eigenvalue weighted by atomic mass is 10.2. The largest absolute Gasteiger partial charge is 0.493 e. The maximum Gasteiger partial charge on any atom is 0.341 e. The summed E-state index contributed by atoms with van der Waals surface area (Å²) in [5.41, 5.74) is 1.23. The van der Waals surface area contributed by atoms with Crippen LogP contribution in [0.1, 0.15) is 15.9 Å². The fourth-order valence-electron chi connectivity index (χ4n) is 1.74. The molecule has 0 amide bonds. The van der Waals surface area contributed by atoms with E-state index >= 15 is 0 Å². The molecule has 20 heavy (non-hydrogen) atoms. The molecule has 1 heterocycles. The van der Waals surface area contributed by atoms with Crippen LogP contribution in [0.5, 0.6) is 11.5 Å². The van der Waals surface area contributed by atoms with Crippen LogP contribution in [0.2, 0.25) is 0 Å². The number of aromatic nitrogens is 1. The van der Waals surface area contributed by atoms with Crippen molar-refractivity contribution >= 4 is 5.97 Å². The van der Waals surface area contributed by atoms with Crippen molar-refractivity contribution in [3.8, 4) is 11.5 Å². The van der Waals surface area contributed by atoms with Crippen LogP contribution < -0.4 is 9.47 Å². The normalized spacial score (nSPS) is 9.90. The zero-order valence-corrected chi connectivity index (χ0v) is 11.3. The predicted molar refractivity (Wildman–Crippen MR) is 72.9 cm³/mol. The van der Waals surface area contributed by atoms with Crippen molar-refractivity contribution in [1.82, 2.24) is 4.98 Å². The molecule has 0 bridgehead atoms. The lowest BCUT2D eigenvalue weighted by Gasteiger charge is -2.13. The number of methoxy groups -OCH3 is 2. The molecule has 5 heteroatoms. The van der Waals surface area contributed by atoms with Gasteiger partial charge in [0.25, 0.3) is 0 Å². The lowest BCUT2D eigenvalue weighted by molar-refractivity contribution is 0.0594. The second-order valence-electron chi connectivity index (χ2n) is 3.98. The van der Waals surface area contributed by atoms with E-state index in [1.807, 2.05) is 12.1 Å². The summed E-state index contributed by atoms with van der Waals surface area (Å²) in [7, 11) is 2.85. The maximum atomic E-state index is 11.7. The molecule has 0 atom stereocenters. The smallest absolute Gasteiger partial charge is 0.341 e. The molecule has 0 saturated heterocycles. The van der Waals surface area contributed by atoms with Crippen LogP contribution in [-0.2, 0) is 11.3 Å². The lowest BCUT2D eigenvalue weighted by Crippen LogP contribution is -2.07. The van der Waals surface area contributed by atoms with Crippen molar-refractivity contribution in [1.29, 1.82) is 0 Å². The molecule has 0 aliphatic rings. The number of nitrogens with zero attached hydrogens (tertiary/aromatic N) is 1. The minimum Gasteiger partial charge on any atom is -0.493 e. The van der Waals surface area contributed by atoms with Crippen molar-refractivity contribution in [3.63, 3.8) is 0 Å². The first-order chi connectivity index (χ1) is 9.76. The van der Waals surface area contributed by atoms with Gasteiger partial charge in [-0.15, -0.1) is 0 Å². The molecule has 5 nitrogen and oxygen atoms in total. The topological polar surface area (TPSA) is 57.7 Å². The van der Waals surface area contributed by atoms with E-state index in [0.29, 0.717) is 17.1 Å². The average molecular weight is 273 g/mol. The molecule has 104 valence electrons. The maximum absolute atomic E-state index is 11.7. The summed E-state index contributed by atoms with van der Waals surface area (Å²) in [6.07, 6.45) is 3.39. The van der Waals surface area contributed by atoms with Gasteiger partial charge >= 0.3 is 5.97 Å². The first kappa shape index (κ1) is 13.9. The van der Waals surface area contributed by atoms with Crippen LogP contribution in [0.4, 0.5) is 0 Å². The first-order valence-electron chi connectivity index (χ1n) is 6.03. The summed E-state index contributed by atoms with van der Waals surface area (Å²) in [6, 6.07) is 8.78. The van der Waals surface area contributed by atoms with Crippen molar-refractivity contribution in [2.45, 2.75) is 6.61 Å². The number of hydrogen-bond acceptors (Lipinski definition) is 5. The highest BCUT2D eigenvalue weighted by molar-refractivity contribution is 5.93. The highest BCUT2D eigenvalue weighted by atomic mass is 16.5. The monoisotopic (exact) mass is 273 g/mol. The SMILES string of the molecule is COC(=O)c1cccc(OC)c1OCc1cccnc1. The third kappa shape index (κ3) is 3.06. The Morgan fingerprint density at radius 3 is 2.70 bits per heavy atom. The molecular formula is C15H15NO4. The van der Waals surface area contributed by atoms with E-state index in [-0.39, 0.29) is 6.61 Å². The Morgan fingerprint density at radius 1 is 1.20 bits per heavy atom. The summed E-state index contributed by atoms with van der Waals surface area (Å²) in [6.45, 7) is 0.290. The van der Waals surface area contributed by atoms with Crippen molar-refractivity contribution in [2.75, 3.05) is 14.2 Å². The zero-order chi connectivity index (χ0) is 14.4. The van der Waals surface area contributed by atoms with Gasteiger partial charge in [0.05, 0.1) is 14.2 Å². The molecule has 2 rings (SSSR count). The second kappa shape index (κ2) is 6.56. The number of hydrogen-bond donors (Lipinski definition) is 0. The Balaban J connectivity index is 2.26. The highest BCUT2D eigenvalue weighted by Gasteiger charge is 2.17. The van der Waals surface area contributed by atoms with E-state index in [1.54, 1.807) is 30.6 Å². The molecule has 1 aromatic heterocycles. The molecular weight excluding hydrogens is 258 g/mol. The number of rotatable bonds is 5. The average Bonchev–Trinajstić information content (AvgIpc) is 2.52. The van der Waals surface area contributed by atoms with Crippen LogP contribution >= 0.6 is 0 Å². The van der Waals surface area contributed by atoms with Gasteiger partial charge in [-0.2, -0.15) is 0 Å². The van der Waals surface area contributed by atoms with Gasteiger partial charge in [0.1, 0.15) is 12.2 Å². The molecule has 0 aliphatic carbocycles. The molecule has 0 radical (unpaired) electrons.